The molecular weight excluding hydrogens is 760 g/mol. The number of esters is 1. The SMILES string of the molecule is CCCCCCN(C(=O)[C@@H](NC(=O)[C@H]1CCCCN1C)[C@@H](C)CC)[C@H](C[C@@H](OC(C)=O)c1nc(C(=O)N[C@@H](Cc2ccc(F)cc2)CC(C)(C)C(N)=O)cs1)C(C)C. The fourth-order valence-electron chi connectivity index (χ4n) is 7.64. The maximum absolute atomic E-state index is 14.9. The largest absolute Gasteiger partial charge is 0.455 e. The van der Waals surface area contributed by atoms with Gasteiger partial charge in [-0.15, -0.1) is 11.3 Å². The minimum absolute atomic E-state index is 0.0606. The zero-order chi connectivity index (χ0) is 43.2. The first-order valence-electron chi connectivity index (χ1n) is 21.2. The maximum Gasteiger partial charge on any atom is 0.303 e. The van der Waals surface area contributed by atoms with E-state index in [2.05, 4.69) is 27.4 Å². The van der Waals surface area contributed by atoms with Gasteiger partial charge in [0.1, 0.15) is 22.6 Å². The lowest BCUT2D eigenvalue weighted by Gasteiger charge is -2.40. The number of nitrogens with one attached hydrogen (secondary N) is 2. The molecule has 0 aliphatic carbocycles. The smallest absolute Gasteiger partial charge is 0.303 e. The van der Waals surface area contributed by atoms with Gasteiger partial charge in [-0.1, -0.05) is 92.7 Å². The van der Waals surface area contributed by atoms with Crippen LogP contribution < -0.4 is 16.4 Å². The third kappa shape index (κ3) is 14.4. The quantitative estimate of drug-likeness (QED) is 0.0799. The fraction of sp³-hybridized carbons (Fsp3) is 0.682. The second kappa shape index (κ2) is 23.0. The van der Waals surface area contributed by atoms with Crippen molar-refractivity contribution in [2.45, 2.75) is 156 Å². The molecule has 3 rings (SSSR count). The zero-order valence-electron chi connectivity index (χ0n) is 36.3. The van der Waals surface area contributed by atoms with Gasteiger partial charge < -0.3 is 26.0 Å². The number of amides is 4. The summed E-state index contributed by atoms with van der Waals surface area (Å²) < 4.78 is 19.6. The van der Waals surface area contributed by atoms with E-state index in [1.54, 1.807) is 31.4 Å². The molecule has 324 valence electrons. The average molecular weight is 829 g/mol. The van der Waals surface area contributed by atoms with Crippen LogP contribution >= 0.6 is 11.3 Å². The standard InChI is InChI=1S/C44H69FN6O6S/c1-10-12-13-15-23-51(42(55)38(29(5)11-2)49-40(54)35-17-14-16-22-50(35)9)36(28(3)4)25-37(57-30(6)52)41-48-34(27-58-41)39(53)47-33(26-44(7,8)43(46)56)24-31-18-20-32(45)21-19-31/h18-21,27-29,33,35-38H,10-17,22-26H2,1-9H3,(H2,46,56)(H,47,53)(H,49,54)/t29-,33-,35+,36+,37+,38-/m0/s1. The molecule has 1 aliphatic heterocycles. The molecule has 2 heterocycles. The number of carbonyl (C=O) groups is 5. The van der Waals surface area contributed by atoms with Crippen molar-refractivity contribution in [1.82, 2.24) is 25.4 Å². The molecule has 6 atom stereocenters. The third-order valence-electron chi connectivity index (χ3n) is 11.5. The van der Waals surface area contributed by atoms with Gasteiger partial charge in [0.2, 0.25) is 17.7 Å². The van der Waals surface area contributed by atoms with Crippen molar-refractivity contribution in [3.8, 4) is 0 Å². The molecule has 2 aromatic rings. The molecule has 4 N–H and O–H groups in total. The zero-order valence-corrected chi connectivity index (χ0v) is 37.1. The van der Waals surface area contributed by atoms with E-state index in [9.17, 15) is 28.4 Å². The monoisotopic (exact) mass is 828 g/mol. The van der Waals surface area contributed by atoms with Crippen LogP contribution in [0.2, 0.25) is 0 Å². The van der Waals surface area contributed by atoms with Crippen molar-refractivity contribution in [1.29, 1.82) is 0 Å². The van der Waals surface area contributed by atoms with Crippen LogP contribution in [-0.2, 0) is 30.3 Å². The number of hydrogen-bond acceptors (Lipinski definition) is 9. The van der Waals surface area contributed by atoms with Crippen LogP contribution in [0, 0.1) is 23.1 Å². The van der Waals surface area contributed by atoms with Crippen molar-refractivity contribution < 1.29 is 33.1 Å². The minimum Gasteiger partial charge on any atom is -0.455 e. The number of likely N-dealkylation sites (N-methyl/N-ethyl adjacent to an activating group) is 1. The Morgan fingerprint density at radius 3 is 2.33 bits per heavy atom. The summed E-state index contributed by atoms with van der Waals surface area (Å²) in [4.78, 5) is 75.8. The number of carbonyl (C=O) groups excluding carboxylic acids is 5. The fourth-order valence-corrected chi connectivity index (χ4v) is 8.48. The number of primary amides is 1. The Morgan fingerprint density at radius 2 is 1.74 bits per heavy atom. The molecule has 0 unspecified atom stereocenters. The van der Waals surface area contributed by atoms with Crippen LogP contribution in [0.3, 0.4) is 0 Å². The Labute approximate surface area is 349 Å². The molecule has 0 saturated carbocycles. The number of hydrogen-bond donors (Lipinski definition) is 3. The summed E-state index contributed by atoms with van der Waals surface area (Å²) in [6.07, 6.45) is 7.14. The van der Waals surface area contributed by atoms with E-state index < -0.39 is 47.4 Å². The van der Waals surface area contributed by atoms with Gasteiger partial charge in [0.25, 0.3) is 5.91 Å². The highest BCUT2D eigenvalue weighted by Gasteiger charge is 2.39. The molecule has 1 saturated heterocycles. The Kier molecular flexibility index (Phi) is 19.2. The summed E-state index contributed by atoms with van der Waals surface area (Å²) in [6, 6.07) is 4.00. The second-order valence-electron chi connectivity index (χ2n) is 17.1. The van der Waals surface area contributed by atoms with Gasteiger partial charge in [-0.25, -0.2) is 9.37 Å². The van der Waals surface area contributed by atoms with E-state index in [0.29, 0.717) is 24.4 Å². The molecule has 1 aromatic carbocycles. The number of nitrogens with two attached hydrogens (primary N) is 1. The highest BCUT2D eigenvalue weighted by atomic mass is 32.1. The Bertz CT molecular complexity index is 1650. The second-order valence-corrected chi connectivity index (χ2v) is 18.0. The molecule has 1 aromatic heterocycles. The molecular formula is C44H69FN6O6S. The number of likely N-dealkylation sites (tertiary alicyclic amines) is 1. The van der Waals surface area contributed by atoms with Crippen molar-refractivity contribution in [3.05, 3.63) is 51.7 Å². The molecule has 0 bridgehead atoms. The first kappa shape index (κ1) is 48.5. The van der Waals surface area contributed by atoms with Crippen molar-refractivity contribution in [2.24, 2.45) is 23.0 Å². The molecule has 1 fully saturated rings. The Balaban J connectivity index is 1.94. The highest BCUT2D eigenvalue weighted by Crippen LogP contribution is 2.32. The molecule has 12 nitrogen and oxygen atoms in total. The number of ether oxygens (including phenoxy) is 1. The Morgan fingerprint density at radius 1 is 1.05 bits per heavy atom. The van der Waals surface area contributed by atoms with E-state index >= 15 is 0 Å². The average Bonchev–Trinajstić information content (AvgIpc) is 3.67. The van der Waals surface area contributed by atoms with Gasteiger partial charge in [-0.05, 0) is 75.2 Å². The van der Waals surface area contributed by atoms with Crippen molar-refractivity contribution in [3.63, 3.8) is 0 Å². The van der Waals surface area contributed by atoms with E-state index in [1.165, 1.54) is 30.4 Å². The lowest BCUT2D eigenvalue weighted by Crippen LogP contribution is -2.59. The van der Waals surface area contributed by atoms with Gasteiger partial charge >= 0.3 is 5.97 Å². The number of piperidine rings is 1. The van der Waals surface area contributed by atoms with Crippen LogP contribution in [0.5, 0.6) is 0 Å². The van der Waals surface area contributed by atoms with E-state index in [1.807, 2.05) is 39.6 Å². The first-order chi connectivity index (χ1) is 27.4. The molecule has 1 aliphatic rings. The van der Waals surface area contributed by atoms with E-state index in [-0.39, 0.29) is 54.0 Å². The molecule has 4 amide bonds. The number of benzene rings is 1. The van der Waals surface area contributed by atoms with Gasteiger partial charge in [0.15, 0.2) is 6.10 Å². The molecule has 0 spiro atoms. The van der Waals surface area contributed by atoms with Gasteiger partial charge in [0.05, 0.1) is 6.04 Å². The number of nitrogens with zero attached hydrogens (tertiary/aromatic N) is 3. The molecule has 58 heavy (non-hydrogen) atoms. The highest BCUT2D eigenvalue weighted by molar-refractivity contribution is 7.09. The van der Waals surface area contributed by atoms with Gasteiger partial charge in [-0.2, -0.15) is 0 Å². The van der Waals surface area contributed by atoms with Gasteiger partial charge in [0, 0.05) is 42.8 Å². The topological polar surface area (TPSA) is 164 Å². The van der Waals surface area contributed by atoms with Crippen LogP contribution in [-0.4, -0.2) is 88.7 Å². The summed E-state index contributed by atoms with van der Waals surface area (Å²) in [6.45, 7) is 16.3. The normalized spacial score (nSPS) is 17.5. The number of aromatic nitrogens is 1. The summed E-state index contributed by atoms with van der Waals surface area (Å²) >= 11 is 1.19. The Hall–Kier alpha value is -3.91. The number of rotatable bonds is 23. The number of halogens is 1. The minimum atomic E-state index is -0.944. The van der Waals surface area contributed by atoms with Crippen LogP contribution in [0.1, 0.15) is 147 Å². The lowest BCUT2D eigenvalue weighted by molar-refractivity contribution is -0.149. The summed E-state index contributed by atoms with van der Waals surface area (Å²) in [5.41, 5.74) is 5.62. The molecule has 0 radical (unpaired) electrons. The van der Waals surface area contributed by atoms with Crippen LogP contribution in [0.25, 0.3) is 0 Å². The summed E-state index contributed by atoms with van der Waals surface area (Å²) in [5, 5.41) is 8.19. The lowest BCUT2D eigenvalue weighted by atomic mass is 9.83. The maximum atomic E-state index is 14.9. The number of unbranched alkanes of at least 4 members (excludes halogenated alkanes) is 3. The summed E-state index contributed by atoms with van der Waals surface area (Å²) in [7, 11) is 1.96. The van der Waals surface area contributed by atoms with E-state index in [0.717, 1.165) is 57.1 Å². The predicted octanol–water partition coefficient (Wildman–Crippen LogP) is 6.97. The van der Waals surface area contributed by atoms with Crippen LogP contribution in [0.15, 0.2) is 29.6 Å². The van der Waals surface area contributed by atoms with Gasteiger partial charge in [-0.3, -0.25) is 28.9 Å². The van der Waals surface area contributed by atoms with E-state index in [4.69, 9.17) is 10.5 Å². The van der Waals surface area contributed by atoms with Crippen LogP contribution in [0.4, 0.5) is 4.39 Å². The summed E-state index contributed by atoms with van der Waals surface area (Å²) in [5.74, 6) is -2.37. The number of thiazole rings is 1. The van der Waals surface area contributed by atoms with Crippen molar-refractivity contribution >= 4 is 40.9 Å². The molecule has 14 heteroatoms. The predicted molar refractivity (Wildman–Crippen MR) is 226 cm³/mol. The third-order valence-corrected chi connectivity index (χ3v) is 12.4. The first-order valence-corrected chi connectivity index (χ1v) is 22.0. The van der Waals surface area contributed by atoms with Crippen molar-refractivity contribution in [2.75, 3.05) is 20.1 Å².